The molecule has 1 saturated heterocycles. The van der Waals surface area contributed by atoms with Crippen molar-refractivity contribution in [1.29, 1.82) is 0 Å². The molecule has 1 aromatic rings. The van der Waals surface area contributed by atoms with Gasteiger partial charge in [0.25, 0.3) is 0 Å². The molecule has 0 aromatic heterocycles. The molecule has 1 aliphatic carbocycles. The third-order valence-corrected chi connectivity index (χ3v) is 5.35. The number of nitrogens with one attached hydrogen (secondary N) is 1. The summed E-state index contributed by atoms with van der Waals surface area (Å²) >= 11 is 3.34. The van der Waals surface area contributed by atoms with Crippen molar-refractivity contribution in [2.75, 3.05) is 19.6 Å². The molecule has 116 valence electrons. The Kier molecular flexibility index (Phi) is 4.97. The number of hydrogen-bond acceptors (Lipinski definition) is 2. The van der Waals surface area contributed by atoms with E-state index in [0.29, 0.717) is 6.04 Å². The van der Waals surface area contributed by atoms with Crippen molar-refractivity contribution >= 4 is 15.9 Å². The molecule has 1 atom stereocenters. The van der Waals surface area contributed by atoms with Crippen LogP contribution in [0.3, 0.4) is 0 Å². The molecule has 2 aliphatic rings. The fraction of sp³-hybridized carbons (Fsp3) is 0.647. The van der Waals surface area contributed by atoms with Gasteiger partial charge in [0.2, 0.25) is 0 Å². The van der Waals surface area contributed by atoms with Gasteiger partial charge in [-0.05, 0) is 63.7 Å². The topological polar surface area (TPSA) is 15.3 Å². The zero-order valence-corrected chi connectivity index (χ0v) is 14.2. The first-order chi connectivity index (χ1) is 10.1. The summed E-state index contributed by atoms with van der Waals surface area (Å²) in [7, 11) is 0. The van der Waals surface area contributed by atoms with E-state index in [9.17, 15) is 4.39 Å². The predicted octanol–water partition coefficient (Wildman–Crippen LogP) is 4.11. The third-order valence-electron chi connectivity index (χ3n) is 4.85. The molecule has 4 heteroatoms. The Morgan fingerprint density at radius 3 is 2.62 bits per heavy atom. The zero-order chi connectivity index (χ0) is 14.8. The number of hydrogen-bond donors (Lipinski definition) is 1. The molecule has 0 spiro atoms. The largest absolute Gasteiger partial charge is 0.317 e. The highest BCUT2D eigenvalue weighted by Gasteiger charge is 2.35. The van der Waals surface area contributed by atoms with Crippen LogP contribution in [-0.4, -0.2) is 30.6 Å². The molecule has 1 aromatic carbocycles. The lowest BCUT2D eigenvalue weighted by atomic mass is 9.96. The van der Waals surface area contributed by atoms with Crippen LogP contribution in [0.4, 0.5) is 4.39 Å². The van der Waals surface area contributed by atoms with Crippen molar-refractivity contribution in [3.8, 4) is 0 Å². The molecule has 0 radical (unpaired) electrons. The minimum absolute atomic E-state index is 0.0900. The van der Waals surface area contributed by atoms with E-state index in [1.807, 2.05) is 12.1 Å². The molecule has 21 heavy (non-hydrogen) atoms. The maximum absolute atomic E-state index is 14.3. The number of nitrogens with zero attached hydrogens (tertiary/aromatic N) is 1. The summed E-state index contributed by atoms with van der Waals surface area (Å²) < 4.78 is 15.1. The molecule has 3 rings (SSSR count). The summed E-state index contributed by atoms with van der Waals surface area (Å²) in [6.07, 6.45) is 5.04. The second-order valence-electron chi connectivity index (χ2n) is 6.46. The van der Waals surface area contributed by atoms with Gasteiger partial charge in [-0.3, -0.25) is 4.90 Å². The number of rotatable bonds is 5. The van der Waals surface area contributed by atoms with E-state index in [1.165, 1.54) is 25.7 Å². The Labute approximate surface area is 135 Å². The Bertz CT molecular complexity index is 484. The summed E-state index contributed by atoms with van der Waals surface area (Å²) in [6.45, 7) is 5.53. The minimum Gasteiger partial charge on any atom is -0.317 e. The molecule has 0 bridgehead atoms. The SMILES string of the molecule is CC(c1ccc(Br)cc1F)N(CC1CCNCC1)C1CC1. The van der Waals surface area contributed by atoms with Crippen LogP contribution < -0.4 is 5.32 Å². The summed E-state index contributed by atoms with van der Waals surface area (Å²) in [5, 5.41) is 3.43. The highest BCUT2D eigenvalue weighted by molar-refractivity contribution is 9.10. The molecular weight excluding hydrogens is 331 g/mol. The van der Waals surface area contributed by atoms with Crippen LogP contribution in [0.15, 0.2) is 22.7 Å². The standard InChI is InChI=1S/C17H24BrFN2/c1-12(16-5-2-14(18)10-17(16)19)21(15-3-4-15)11-13-6-8-20-9-7-13/h2,5,10,12-13,15,20H,3-4,6-9,11H2,1H3. The van der Waals surface area contributed by atoms with E-state index in [4.69, 9.17) is 0 Å². The van der Waals surface area contributed by atoms with Crippen molar-refractivity contribution < 1.29 is 4.39 Å². The van der Waals surface area contributed by atoms with E-state index in [-0.39, 0.29) is 11.9 Å². The van der Waals surface area contributed by atoms with Crippen molar-refractivity contribution in [2.24, 2.45) is 5.92 Å². The Balaban J connectivity index is 1.73. The first kappa shape index (κ1) is 15.4. The highest BCUT2D eigenvalue weighted by atomic mass is 79.9. The first-order valence-electron chi connectivity index (χ1n) is 8.06. The molecule has 1 unspecified atom stereocenters. The van der Waals surface area contributed by atoms with Gasteiger partial charge in [0.05, 0.1) is 0 Å². The van der Waals surface area contributed by atoms with E-state index in [2.05, 4.69) is 33.1 Å². The van der Waals surface area contributed by atoms with Crippen LogP contribution >= 0.6 is 15.9 Å². The summed E-state index contributed by atoms with van der Waals surface area (Å²) in [6, 6.07) is 6.30. The summed E-state index contributed by atoms with van der Waals surface area (Å²) in [5.41, 5.74) is 0.832. The van der Waals surface area contributed by atoms with Gasteiger partial charge >= 0.3 is 0 Å². The Morgan fingerprint density at radius 1 is 1.29 bits per heavy atom. The fourth-order valence-electron chi connectivity index (χ4n) is 3.41. The molecule has 1 aliphatic heterocycles. The van der Waals surface area contributed by atoms with E-state index in [0.717, 1.165) is 35.6 Å². The highest BCUT2D eigenvalue weighted by Crippen LogP contribution is 2.36. The predicted molar refractivity (Wildman–Crippen MR) is 87.8 cm³/mol. The van der Waals surface area contributed by atoms with Crippen LogP contribution in [-0.2, 0) is 0 Å². The summed E-state index contributed by atoms with van der Waals surface area (Å²) in [5.74, 6) is 0.667. The van der Waals surface area contributed by atoms with Crippen molar-refractivity contribution in [3.05, 3.63) is 34.1 Å². The zero-order valence-electron chi connectivity index (χ0n) is 12.6. The quantitative estimate of drug-likeness (QED) is 0.855. The normalized spacial score (nSPS) is 21.7. The fourth-order valence-corrected chi connectivity index (χ4v) is 3.74. The lowest BCUT2D eigenvalue weighted by molar-refractivity contribution is 0.149. The third kappa shape index (κ3) is 3.85. The van der Waals surface area contributed by atoms with Crippen LogP contribution in [0.1, 0.15) is 44.2 Å². The average Bonchev–Trinajstić information content (AvgIpc) is 3.30. The van der Waals surface area contributed by atoms with Gasteiger partial charge in [0.15, 0.2) is 0 Å². The number of piperidine rings is 1. The molecule has 0 amide bonds. The van der Waals surface area contributed by atoms with E-state index < -0.39 is 0 Å². The van der Waals surface area contributed by atoms with Crippen LogP contribution in [0.5, 0.6) is 0 Å². The van der Waals surface area contributed by atoms with Gasteiger partial charge < -0.3 is 5.32 Å². The van der Waals surface area contributed by atoms with Crippen molar-refractivity contribution in [2.45, 2.75) is 44.7 Å². The van der Waals surface area contributed by atoms with Crippen LogP contribution in [0, 0.1) is 11.7 Å². The van der Waals surface area contributed by atoms with Crippen molar-refractivity contribution in [1.82, 2.24) is 10.2 Å². The van der Waals surface area contributed by atoms with Gasteiger partial charge in [-0.25, -0.2) is 4.39 Å². The molecule has 2 fully saturated rings. The smallest absolute Gasteiger partial charge is 0.129 e. The molecule has 1 heterocycles. The Morgan fingerprint density at radius 2 is 2.00 bits per heavy atom. The molecular formula is C17H24BrFN2. The molecule has 1 N–H and O–H groups in total. The van der Waals surface area contributed by atoms with Gasteiger partial charge in [0, 0.05) is 28.7 Å². The first-order valence-corrected chi connectivity index (χ1v) is 8.86. The minimum atomic E-state index is -0.0900. The van der Waals surface area contributed by atoms with E-state index in [1.54, 1.807) is 6.07 Å². The second kappa shape index (κ2) is 6.76. The maximum Gasteiger partial charge on any atom is 0.129 e. The van der Waals surface area contributed by atoms with Crippen LogP contribution in [0.25, 0.3) is 0 Å². The van der Waals surface area contributed by atoms with Gasteiger partial charge in [-0.2, -0.15) is 0 Å². The van der Waals surface area contributed by atoms with Gasteiger partial charge in [-0.1, -0.05) is 22.0 Å². The lowest BCUT2D eigenvalue weighted by Crippen LogP contribution is -2.38. The Hall–Kier alpha value is -0.450. The van der Waals surface area contributed by atoms with Gasteiger partial charge in [-0.15, -0.1) is 0 Å². The average molecular weight is 355 g/mol. The monoisotopic (exact) mass is 354 g/mol. The summed E-state index contributed by atoms with van der Waals surface area (Å²) in [4.78, 5) is 2.54. The second-order valence-corrected chi connectivity index (χ2v) is 7.38. The van der Waals surface area contributed by atoms with Gasteiger partial charge in [0.1, 0.15) is 5.82 Å². The number of benzene rings is 1. The van der Waals surface area contributed by atoms with E-state index >= 15 is 0 Å². The number of halogens is 2. The maximum atomic E-state index is 14.3. The molecule has 2 nitrogen and oxygen atoms in total. The van der Waals surface area contributed by atoms with Crippen molar-refractivity contribution in [3.63, 3.8) is 0 Å². The lowest BCUT2D eigenvalue weighted by Gasteiger charge is -2.34. The molecule has 1 saturated carbocycles. The van der Waals surface area contributed by atoms with Crippen LogP contribution in [0.2, 0.25) is 0 Å².